The summed E-state index contributed by atoms with van der Waals surface area (Å²) in [6.45, 7) is 5.48. The van der Waals surface area contributed by atoms with Crippen molar-refractivity contribution in [1.82, 2.24) is 39.7 Å². The Morgan fingerprint density at radius 3 is 2.40 bits per heavy atom. The molecule has 13 heteroatoms. The molecule has 0 spiro atoms. The molecule has 1 saturated heterocycles. The minimum atomic E-state index is -0.443. The number of likely N-dealkylation sites (N-methyl/N-ethyl adjacent to an activating group) is 2. The Morgan fingerprint density at radius 1 is 0.952 bits per heavy atom. The van der Waals surface area contributed by atoms with Crippen LogP contribution >= 0.6 is 23.2 Å². The molecule has 6 rings (SSSR count). The van der Waals surface area contributed by atoms with Gasteiger partial charge in [-0.2, -0.15) is 14.9 Å². The van der Waals surface area contributed by atoms with Crippen molar-refractivity contribution in [3.8, 4) is 17.1 Å². The van der Waals surface area contributed by atoms with Gasteiger partial charge in [0.1, 0.15) is 22.6 Å². The van der Waals surface area contributed by atoms with Gasteiger partial charge in [-0.3, -0.25) is 9.48 Å². The molecule has 0 radical (unpaired) electrons. The molecule has 5 aromatic rings. The summed E-state index contributed by atoms with van der Waals surface area (Å²) in [5, 5.41) is 16.6. The van der Waals surface area contributed by atoms with E-state index >= 15 is 0 Å². The monoisotopic (exact) mass is 604 g/mol. The first-order valence-corrected chi connectivity index (χ1v) is 14.4. The van der Waals surface area contributed by atoms with Crippen LogP contribution in [0.5, 0.6) is 0 Å². The summed E-state index contributed by atoms with van der Waals surface area (Å²) in [6, 6.07) is 15.0. The van der Waals surface area contributed by atoms with Gasteiger partial charge in [0.2, 0.25) is 5.95 Å². The fourth-order valence-corrected chi connectivity index (χ4v) is 5.45. The smallest absolute Gasteiger partial charge is 0.282 e. The fourth-order valence-electron chi connectivity index (χ4n) is 4.89. The van der Waals surface area contributed by atoms with Crippen LogP contribution in [0.2, 0.25) is 10.0 Å². The Balaban J connectivity index is 1.39. The Hall–Kier alpha value is -4.03. The van der Waals surface area contributed by atoms with Crippen LogP contribution in [0, 0.1) is 0 Å². The van der Waals surface area contributed by atoms with Gasteiger partial charge >= 0.3 is 0 Å². The highest BCUT2D eigenvalue weighted by atomic mass is 35.5. The van der Waals surface area contributed by atoms with Crippen LogP contribution in [0.1, 0.15) is 0 Å². The van der Waals surface area contributed by atoms with Gasteiger partial charge in [0.25, 0.3) is 5.56 Å². The maximum absolute atomic E-state index is 13.7. The first-order valence-electron chi connectivity index (χ1n) is 13.6. The number of rotatable bonds is 8. The first kappa shape index (κ1) is 28.1. The lowest BCUT2D eigenvalue weighted by atomic mass is 10.2. The Morgan fingerprint density at radius 2 is 1.69 bits per heavy atom. The average Bonchev–Trinajstić information content (AvgIpc) is 3.47. The molecule has 0 unspecified atom stereocenters. The third-order valence-corrected chi connectivity index (χ3v) is 7.86. The lowest BCUT2D eigenvalue weighted by Crippen LogP contribution is -2.44. The van der Waals surface area contributed by atoms with Crippen molar-refractivity contribution in [3.05, 3.63) is 81.3 Å². The van der Waals surface area contributed by atoms with Crippen molar-refractivity contribution in [2.24, 2.45) is 0 Å². The van der Waals surface area contributed by atoms with Gasteiger partial charge in [0, 0.05) is 56.5 Å². The second-order valence-electron chi connectivity index (χ2n) is 10.1. The molecule has 1 aliphatic rings. The Kier molecular flexibility index (Phi) is 8.07. The van der Waals surface area contributed by atoms with Gasteiger partial charge in [0.05, 0.1) is 22.0 Å². The van der Waals surface area contributed by atoms with Crippen LogP contribution in [0.25, 0.3) is 28.0 Å². The zero-order chi connectivity index (χ0) is 29.2. The van der Waals surface area contributed by atoms with Crippen molar-refractivity contribution >= 4 is 51.4 Å². The van der Waals surface area contributed by atoms with E-state index in [1.165, 1.54) is 16.6 Å². The van der Waals surface area contributed by atoms with Gasteiger partial charge < -0.3 is 20.4 Å². The van der Waals surface area contributed by atoms with Crippen LogP contribution in [-0.4, -0.2) is 81.2 Å². The van der Waals surface area contributed by atoms with Crippen molar-refractivity contribution < 1.29 is 0 Å². The number of nitrogens with zero attached hydrogens (tertiary/aromatic N) is 8. The molecule has 42 heavy (non-hydrogen) atoms. The van der Waals surface area contributed by atoms with Gasteiger partial charge in [-0.15, -0.1) is 0 Å². The van der Waals surface area contributed by atoms with E-state index in [0.717, 1.165) is 38.4 Å². The predicted octanol–water partition coefficient (Wildman–Crippen LogP) is 4.06. The number of piperazine rings is 1. The molecule has 1 aliphatic heterocycles. The van der Waals surface area contributed by atoms with Crippen LogP contribution < -0.4 is 21.1 Å². The normalized spacial score (nSPS) is 14.0. The molecule has 0 amide bonds. The molecule has 0 aliphatic carbocycles. The number of halogens is 2. The van der Waals surface area contributed by atoms with Crippen LogP contribution in [0.3, 0.4) is 0 Å². The zero-order valence-electron chi connectivity index (χ0n) is 23.3. The number of para-hydroxylation sites is 1. The molecule has 3 aromatic heterocycles. The fraction of sp³-hybridized carbons (Fsp3) is 0.276. The maximum atomic E-state index is 13.7. The lowest BCUT2D eigenvalue weighted by Gasteiger charge is -2.34. The number of nitrogens with one attached hydrogen (secondary N) is 2. The van der Waals surface area contributed by atoms with E-state index in [1.54, 1.807) is 22.9 Å². The highest BCUT2D eigenvalue weighted by Crippen LogP contribution is 2.30. The molecule has 1 fully saturated rings. The number of benzene rings is 2. The molecular formula is C29H30Cl2N10O. The SMILES string of the molecule is CNCCn1ccc(-c2nn(-c3c(Cl)cccc3Cl)c(=O)c3cnc(Nc4ccc(N5CCN(C)CC5)cc4)nc23)n1. The second-order valence-corrected chi connectivity index (χ2v) is 10.9. The quantitative estimate of drug-likeness (QED) is 0.271. The van der Waals surface area contributed by atoms with E-state index in [4.69, 9.17) is 33.3 Å². The minimum absolute atomic E-state index is 0.261. The summed E-state index contributed by atoms with van der Waals surface area (Å²) < 4.78 is 3.00. The molecule has 0 bridgehead atoms. The highest BCUT2D eigenvalue weighted by molar-refractivity contribution is 6.37. The molecule has 216 valence electrons. The Bertz CT molecular complexity index is 1760. The topological polar surface area (TPSA) is 109 Å². The predicted molar refractivity (Wildman–Crippen MR) is 168 cm³/mol. The zero-order valence-corrected chi connectivity index (χ0v) is 24.8. The van der Waals surface area contributed by atoms with Crippen LogP contribution in [0.4, 0.5) is 17.3 Å². The van der Waals surface area contributed by atoms with Crippen molar-refractivity contribution in [3.63, 3.8) is 0 Å². The van der Waals surface area contributed by atoms with E-state index in [0.29, 0.717) is 39.4 Å². The lowest BCUT2D eigenvalue weighted by molar-refractivity contribution is 0.313. The molecule has 0 saturated carbocycles. The molecule has 0 atom stereocenters. The highest BCUT2D eigenvalue weighted by Gasteiger charge is 2.21. The summed E-state index contributed by atoms with van der Waals surface area (Å²) >= 11 is 12.9. The maximum Gasteiger partial charge on any atom is 0.282 e. The van der Waals surface area contributed by atoms with Crippen LogP contribution in [-0.2, 0) is 6.54 Å². The Labute approximate surface area is 252 Å². The summed E-state index contributed by atoms with van der Waals surface area (Å²) in [4.78, 5) is 27.6. The summed E-state index contributed by atoms with van der Waals surface area (Å²) in [6.07, 6.45) is 3.36. The molecule has 11 nitrogen and oxygen atoms in total. The van der Waals surface area contributed by atoms with Crippen molar-refractivity contribution in [2.45, 2.75) is 6.54 Å². The van der Waals surface area contributed by atoms with E-state index in [-0.39, 0.29) is 11.1 Å². The number of hydrogen-bond donors (Lipinski definition) is 2. The molecule has 4 heterocycles. The van der Waals surface area contributed by atoms with Crippen molar-refractivity contribution in [1.29, 1.82) is 0 Å². The number of aromatic nitrogens is 6. The number of fused-ring (bicyclic) bond motifs is 1. The standard InChI is InChI=1S/C29H30Cl2N10O/c1-32-11-13-40-12-10-24(36-40)26-25-21(28(42)41(37-26)27-22(30)4-3-5-23(27)31)18-33-29(35-25)34-19-6-8-20(9-7-19)39-16-14-38(2)15-17-39/h3-10,12,18,32H,11,13-17H2,1-2H3,(H,33,34,35). The van der Waals surface area contributed by atoms with Gasteiger partial charge in [-0.25, -0.2) is 9.97 Å². The van der Waals surface area contributed by atoms with Gasteiger partial charge in [-0.1, -0.05) is 29.3 Å². The molecule has 2 aromatic carbocycles. The van der Waals surface area contributed by atoms with Crippen LogP contribution in [0.15, 0.2) is 65.7 Å². The minimum Gasteiger partial charge on any atom is -0.369 e. The first-order chi connectivity index (χ1) is 20.4. The van der Waals surface area contributed by atoms with Gasteiger partial charge in [0.15, 0.2) is 0 Å². The third-order valence-electron chi connectivity index (χ3n) is 7.25. The number of anilines is 3. The van der Waals surface area contributed by atoms with Gasteiger partial charge in [-0.05, 0) is 56.6 Å². The summed E-state index contributed by atoms with van der Waals surface area (Å²) in [5.74, 6) is 0.334. The molecule has 2 N–H and O–H groups in total. The largest absolute Gasteiger partial charge is 0.369 e. The number of hydrogen-bond acceptors (Lipinski definition) is 9. The third kappa shape index (κ3) is 5.68. The molecular weight excluding hydrogens is 575 g/mol. The van der Waals surface area contributed by atoms with E-state index in [2.05, 4.69) is 49.7 Å². The van der Waals surface area contributed by atoms with E-state index < -0.39 is 5.56 Å². The van der Waals surface area contributed by atoms with Crippen molar-refractivity contribution in [2.75, 3.05) is 57.0 Å². The second kappa shape index (κ2) is 12.1. The summed E-state index contributed by atoms with van der Waals surface area (Å²) in [5.41, 5.74) is 3.16. The average molecular weight is 606 g/mol. The van der Waals surface area contributed by atoms with E-state index in [9.17, 15) is 4.79 Å². The van der Waals surface area contributed by atoms with E-state index in [1.807, 2.05) is 31.4 Å². The summed E-state index contributed by atoms with van der Waals surface area (Å²) in [7, 11) is 4.03.